The van der Waals surface area contributed by atoms with Gasteiger partial charge in [0.25, 0.3) is 0 Å². The number of aromatic nitrogens is 2. The lowest BCUT2D eigenvalue weighted by atomic mass is 10.1. The highest BCUT2D eigenvalue weighted by Crippen LogP contribution is 2.20. The normalized spacial score (nSPS) is 12.5. The monoisotopic (exact) mass is 340 g/mol. The molecule has 0 radical (unpaired) electrons. The maximum atomic E-state index is 10.3. The van der Waals surface area contributed by atoms with Crippen LogP contribution in [0.2, 0.25) is 0 Å². The highest BCUT2D eigenvalue weighted by atomic mass is 16.5. The SMILES string of the molecule is COc1ccccc1COCC(O)Cn1cnc2cc(C)c(C)cc21. The van der Waals surface area contributed by atoms with Crippen molar-refractivity contribution >= 4 is 11.0 Å². The molecule has 3 rings (SSSR count). The molecule has 0 bridgehead atoms. The van der Waals surface area contributed by atoms with Crippen molar-refractivity contribution in [3.8, 4) is 5.75 Å². The fourth-order valence-electron chi connectivity index (χ4n) is 2.87. The van der Waals surface area contributed by atoms with E-state index in [1.807, 2.05) is 28.8 Å². The van der Waals surface area contributed by atoms with E-state index in [4.69, 9.17) is 9.47 Å². The van der Waals surface area contributed by atoms with E-state index in [9.17, 15) is 5.11 Å². The van der Waals surface area contributed by atoms with Crippen molar-refractivity contribution in [1.29, 1.82) is 0 Å². The lowest BCUT2D eigenvalue weighted by Gasteiger charge is -2.14. The molecule has 5 heteroatoms. The van der Waals surface area contributed by atoms with Gasteiger partial charge in [-0.3, -0.25) is 0 Å². The van der Waals surface area contributed by atoms with Crippen LogP contribution in [0.1, 0.15) is 16.7 Å². The number of benzene rings is 2. The van der Waals surface area contributed by atoms with Crippen molar-refractivity contribution in [2.45, 2.75) is 33.1 Å². The molecule has 1 aromatic heterocycles. The highest BCUT2D eigenvalue weighted by molar-refractivity contribution is 5.77. The summed E-state index contributed by atoms with van der Waals surface area (Å²) in [5.41, 5.74) is 5.39. The number of ether oxygens (including phenoxy) is 2. The second kappa shape index (κ2) is 7.68. The number of fused-ring (bicyclic) bond motifs is 1. The maximum absolute atomic E-state index is 10.3. The molecule has 132 valence electrons. The van der Waals surface area contributed by atoms with E-state index in [2.05, 4.69) is 31.0 Å². The van der Waals surface area contributed by atoms with Crippen molar-refractivity contribution in [3.05, 3.63) is 59.4 Å². The summed E-state index contributed by atoms with van der Waals surface area (Å²) in [5, 5.41) is 10.3. The standard InChI is InChI=1S/C20H24N2O3/c1-14-8-18-19(9-15(14)2)22(13-21-18)10-17(23)12-25-11-16-6-4-5-7-20(16)24-3/h4-9,13,17,23H,10-12H2,1-3H3. The second-order valence-electron chi connectivity index (χ2n) is 6.30. The van der Waals surface area contributed by atoms with Crippen LogP contribution in [0, 0.1) is 13.8 Å². The van der Waals surface area contributed by atoms with Crippen LogP contribution >= 0.6 is 0 Å². The minimum Gasteiger partial charge on any atom is -0.496 e. The molecule has 1 N–H and O–H groups in total. The molecular weight excluding hydrogens is 316 g/mol. The predicted octanol–water partition coefficient (Wildman–Crippen LogP) is 3.24. The summed E-state index contributed by atoms with van der Waals surface area (Å²) in [6, 6.07) is 11.9. The number of nitrogens with zero attached hydrogens (tertiary/aromatic N) is 2. The van der Waals surface area contributed by atoms with Gasteiger partial charge in [0.2, 0.25) is 0 Å². The smallest absolute Gasteiger partial charge is 0.124 e. The number of hydrogen-bond acceptors (Lipinski definition) is 4. The zero-order chi connectivity index (χ0) is 17.8. The number of rotatable bonds is 7. The summed E-state index contributed by atoms with van der Waals surface area (Å²) < 4.78 is 12.9. The Morgan fingerprint density at radius 1 is 1.16 bits per heavy atom. The van der Waals surface area contributed by atoms with Gasteiger partial charge in [-0.25, -0.2) is 4.98 Å². The lowest BCUT2D eigenvalue weighted by Crippen LogP contribution is -2.21. The lowest BCUT2D eigenvalue weighted by molar-refractivity contribution is 0.0203. The number of aliphatic hydroxyl groups excluding tert-OH is 1. The van der Waals surface area contributed by atoms with Crippen LogP contribution < -0.4 is 4.74 Å². The Balaban J connectivity index is 1.59. The van der Waals surface area contributed by atoms with Crippen LogP contribution in [0.5, 0.6) is 5.75 Å². The number of aliphatic hydroxyl groups is 1. The summed E-state index contributed by atoms with van der Waals surface area (Å²) >= 11 is 0. The largest absolute Gasteiger partial charge is 0.496 e. The molecule has 2 aromatic carbocycles. The van der Waals surface area contributed by atoms with E-state index in [-0.39, 0.29) is 6.61 Å². The Morgan fingerprint density at radius 3 is 2.72 bits per heavy atom. The van der Waals surface area contributed by atoms with Gasteiger partial charge in [-0.15, -0.1) is 0 Å². The third kappa shape index (κ3) is 4.00. The van der Waals surface area contributed by atoms with Gasteiger partial charge in [0.1, 0.15) is 5.75 Å². The highest BCUT2D eigenvalue weighted by Gasteiger charge is 2.11. The summed E-state index contributed by atoms with van der Waals surface area (Å²) in [4.78, 5) is 4.42. The van der Waals surface area contributed by atoms with Gasteiger partial charge in [-0.2, -0.15) is 0 Å². The fourth-order valence-corrected chi connectivity index (χ4v) is 2.87. The van der Waals surface area contributed by atoms with Gasteiger partial charge in [0.05, 0.1) is 50.3 Å². The van der Waals surface area contributed by atoms with Crippen molar-refractivity contribution < 1.29 is 14.6 Å². The van der Waals surface area contributed by atoms with E-state index >= 15 is 0 Å². The third-order valence-electron chi connectivity index (χ3n) is 4.40. The van der Waals surface area contributed by atoms with Crippen LogP contribution in [0.3, 0.4) is 0 Å². The zero-order valence-electron chi connectivity index (χ0n) is 14.9. The van der Waals surface area contributed by atoms with Gasteiger partial charge < -0.3 is 19.1 Å². The first-order valence-electron chi connectivity index (χ1n) is 8.38. The zero-order valence-corrected chi connectivity index (χ0v) is 14.9. The Labute approximate surface area is 147 Å². The second-order valence-corrected chi connectivity index (χ2v) is 6.30. The molecule has 0 fully saturated rings. The van der Waals surface area contributed by atoms with Crippen molar-refractivity contribution in [2.75, 3.05) is 13.7 Å². The quantitative estimate of drug-likeness (QED) is 0.717. The molecule has 1 unspecified atom stereocenters. The minimum atomic E-state index is -0.603. The van der Waals surface area contributed by atoms with Gasteiger partial charge >= 0.3 is 0 Å². The first-order chi connectivity index (χ1) is 12.1. The van der Waals surface area contributed by atoms with E-state index in [1.165, 1.54) is 11.1 Å². The van der Waals surface area contributed by atoms with Gasteiger partial charge in [0.15, 0.2) is 0 Å². The number of imidazole rings is 1. The number of para-hydroxylation sites is 1. The van der Waals surface area contributed by atoms with E-state index in [1.54, 1.807) is 13.4 Å². The minimum absolute atomic E-state index is 0.253. The topological polar surface area (TPSA) is 56.5 Å². The Bertz CT molecular complexity index is 857. The van der Waals surface area contributed by atoms with Crippen molar-refractivity contribution in [2.24, 2.45) is 0 Å². The first-order valence-corrected chi connectivity index (χ1v) is 8.38. The van der Waals surface area contributed by atoms with Crippen molar-refractivity contribution in [3.63, 3.8) is 0 Å². The van der Waals surface area contributed by atoms with Crippen LogP contribution in [0.4, 0.5) is 0 Å². The molecule has 25 heavy (non-hydrogen) atoms. The van der Waals surface area contributed by atoms with Crippen LogP contribution in [0.15, 0.2) is 42.7 Å². The van der Waals surface area contributed by atoms with E-state index < -0.39 is 6.10 Å². The molecule has 0 spiro atoms. The van der Waals surface area contributed by atoms with Gasteiger partial charge in [-0.05, 0) is 43.2 Å². The first kappa shape index (κ1) is 17.5. The average molecular weight is 340 g/mol. The van der Waals surface area contributed by atoms with Crippen molar-refractivity contribution in [1.82, 2.24) is 9.55 Å². The summed E-state index contributed by atoms with van der Waals surface area (Å²) in [6.45, 7) is 5.27. The molecular formula is C20H24N2O3. The summed E-state index contributed by atoms with van der Waals surface area (Å²) in [5.74, 6) is 0.795. The Morgan fingerprint density at radius 2 is 1.92 bits per heavy atom. The van der Waals surface area contributed by atoms with Crippen LogP contribution in [-0.4, -0.2) is 34.5 Å². The molecule has 0 saturated carbocycles. The molecule has 0 aliphatic carbocycles. The summed E-state index contributed by atoms with van der Waals surface area (Å²) in [6.07, 6.45) is 1.17. The predicted molar refractivity (Wildman–Crippen MR) is 97.9 cm³/mol. The maximum Gasteiger partial charge on any atom is 0.124 e. The number of aryl methyl sites for hydroxylation is 2. The molecule has 5 nitrogen and oxygen atoms in total. The molecule has 0 aliphatic rings. The van der Waals surface area contributed by atoms with Gasteiger partial charge in [0, 0.05) is 5.56 Å². The molecule has 0 saturated heterocycles. The molecule has 1 atom stereocenters. The van der Waals surface area contributed by atoms with E-state index in [0.29, 0.717) is 13.2 Å². The fraction of sp³-hybridized carbons (Fsp3) is 0.350. The Kier molecular flexibility index (Phi) is 5.36. The molecule has 0 amide bonds. The average Bonchev–Trinajstić information content (AvgIpc) is 2.97. The van der Waals surface area contributed by atoms with Crippen LogP contribution in [-0.2, 0) is 17.9 Å². The van der Waals surface area contributed by atoms with Crippen LogP contribution in [0.25, 0.3) is 11.0 Å². The third-order valence-corrected chi connectivity index (χ3v) is 4.40. The molecule has 1 heterocycles. The van der Waals surface area contributed by atoms with Gasteiger partial charge in [-0.1, -0.05) is 18.2 Å². The Hall–Kier alpha value is -2.37. The summed E-state index contributed by atoms with van der Waals surface area (Å²) in [7, 11) is 1.64. The number of methoxy groups -OCH3 is 1. The molecule has 3 aromatic rings. The number of hydrogen-bond donors (Lipinski definition) is 1. The molecule has 0 aliphatic heterocycles. The van der Waals surface area contributed by atoms with E-state index in [0.717, 1.165) is 22.3 Å².